The molecule has 10 nitrogen and oxygen atoms in total. The van der Waals surface area contributed by atoms with Gasteiger partial charge in [0, 0.05) is 6.54 Å². The molecule has 3 rings (SSSR count). The number of anilines is 1. The first-order chi connectivity index (χ1) is 15.7. The Morgan fingerprint density at radius 1 is 1.09 bits per heavy atom. The number of hydrogen-bond acceptors (Lipinski definition) is 7. The highest BCUT2D eigenvalue weighted by molar-refractivity contribution is 5.91. The number of ether oxygens (including phenoxy) is 1. The van der Waals surface area contributed by atoms with Crippen molar-refractivity contribution < 1.29 is 27.5 Å². The SMILES string of the molecule is NC(=O)c1cn(CCCCc2ccc(NC(=O)Cc3cccc(OC(F)(F)F)c3)nn2)nn1. The fourth-order valence-electron chi connectivity index (χ4n) is 2.89. The van der Waals surface area contributed by atoms with Gasteiger partial charge in [-0.25, -0.2) is 0 Å². The van der Waals surface area contributed by atoms with Crippen LogP contribution < -0.4 is 15.8 Å². The van der Waals surface area contributed by atoms with Gasteiger partial charge in [-0.3, -0.25) is 14.3 Å². The minimum Gasteiger partial charge on any atom is -0.406 e. The first-order valence-corrected chi connectivity index (χ1v) is 9.85. The van der Waals surface area contributed by atoms with E-state index in [2.05, 4.69) is 30.6 Å². The van der Waals surface area contributed by atoms with E-state index in [9.17, 15) is 22.8 Å². The topological polar surface area (TPSA) is 138 Å². The zero-order valence-corrected chi connectivity index (χ0v) is 17.2. The van der Waals surface area contributed by atoms with E-state index in [1.165, 1.54) is 23.0 Å². The zero-order valence-electron chi connectivity index (χ0n) is 17.2. The Bertz CT molecular complexity index is 1100. The van der Waals surface area contributed by atoms with E-state index in [0.717, 1.165) is 30.7 Å². The maximum Gasteiger partial charge on any atom is 0.573 e. The van der Waals surface area contributed by atoms with Crippen molar-refractivity contribution in [3.63, 3.8) is 0 Å². The number of hydrogen-bond donors (Lipinski definition) is 2. The normalized spacial score (nSPS) is 11.2. The number of benzene rings is 1. The van der Waals surface area contributed by atoms with Crippen LogP contribution in [-0.2, 0) is 24.2 Å². The van der Waals surface area contributed by atoms with Gasteiger partial charge >= 0.3 is 6.36 Å². The highest BCUT2D eigenvalue weighted by Crippen LogP contribution is 2.23. The Morgan fingerprint density at radius 3 is 2.58 bits per heavy atom. The van der Waals surface area contributed by atoms with Gasteiger partial charge in [-0.2, -0.15) is 5.10 Å². The number of aryl methyl sites for hydroxylation is 2. The number of amides is 2. The number of nitrogens with zero attached hydrogens (tertiary/aromatic N) is 5. The number of nitrogens with two attached hydrogens (primary N) is 1. The predicted octanol–water partition coefficient (Wildman–Crippen LogP) is 2.27. The maximum atomic E-state index is 12.3. The lowest BCUT2D eigenvalue weighted by Crippen LogP contribution is -2.18. The molecule has 0 fully saturated rings. The molecule has 0 aliphatic heterocycles. The van der Waals surface area contributed by atoms with Crippen LogP contribution in [0.2, 0.25) is 0 Å². The van der Waals surface area contributed by atoms with Crippen molar-refractivity contribution in [2.45, 2.75) is 38.6 Å². The molecule has 33 heavy (non-hydrogen) atoms. The van der Waals surface area contributed by atoms with E-state index in [0.29, 0.717) is 18.5 Å². The molecule has 0 aliphatic carbocycles. The molecule has 174 valence electrons. The first-order valence-electron chi connectivity index (χ1n) is 9.85. The number of unbranched alkanes of at least 4 members (excludes halogenated alkanes) is 1. The lowest BCUT2D eigenvalue weighted by atomic mass is 10.1. The van der Waals surface area contributed by atoms with Crippen molar-refractivity contribution in [1.29, 1.82) is 0 Å². The summed E-state index contributed by atoms with van der Waals surface area (Å²) >= 11 is 0. The molecule has 2 heterocycles. The van der Waals surface area contributed by atoms with Crippen LogP contribution in [0.5, 0.6) is 5.75 Å². The van der Waals surface area contributed by atoms with Crippen LogP contribution in [0.3, 0.4) is 0 Å². The van der Waals surface area contributed by atoms with Gasteiger partial charge in [0.1, 0.15) is 5.75 Å². The number of rotatable bonds is 10. The van der Waals surface area contributed by atoms with Crippen molar-refractivity contribution in [3.05, 3.63) is 59.5 Å². The summed E-state index contributed by atoms with van der Waals surface area (Å²) in [6, 6.07) is 8.52. The average molecular weight is 463 g/mol. The van der Waals surface area contributed by atoms with Crippen LogP contribution >= 0.6 is 0 Å². The first kappa shape index (κ1) is 23.6. The van der Waals surface area contributed by atoms with E-state index in [4.69, 9.17) is 5.73 Å². The summed E-state index contributed by atoms with van der Waals surface area (Å²) in [5, 5.41) is 18.0. The Balaban J connectivity index is 1.43. The van der Waals surface area contributed by atoms with Gasteiger partial charge in [-0.15, -0.1) is 23.4 Å². The number of carbonyl (C=O) groups excluding carboxylic acids is 2. The van der Waals surface area contributed by atoms with Gasteiger partial charge in [0.2, 0.25) is 5.91 Å². The second-order valence-corrected chi connectivity index (χ2v) is 7.02. The van der Waals surface area contributed by atoms with Crippen molar-refractivity contribution in [2.75, 3.05) is 5.32 Å². The highest BCUT2D eigenvalue weighted by atomic mass is 19.4. The molecule has 0 atom stereocenters. The molecule has 0 spiro atoms. The van der Waals surface area contributed by atoms with E-state index in [-0.39, 0.29) is 17.9 Å². The third-order valence-electron chi connectivity index (χ3n) is 4.35. The highest BCUT2D eigenvalue weighted by Gasteiger charge is 2.31. The molecule has 0 saturated carbocycles. The second kappa shape index (κ2) is 10.5. The van der Waals surface area contributed by atoms with E-state index in [1.807, 2.05) is 0 Å². The summed E-state index contributed by atoms with van der Waals surface area (Å²) in [5.41, 5.74) is 6.32. The molecular formula is C20H20F3N7O3. The molecule has 0 saturated heterocycles. The van der Waals surface area contributed by atoms with E-state index >= 15 is 0 Å². The van der Waals surface area contributed by atoms with Crippen LogP contribution in [0.25, 0.3) is 0 Å². The summed E-state index contributed by atoms with van der Waals surface area (Å²) in [5.74, 6) is -1.25. The van der Waals surface area contributed by atoms with E-state index < -0.39 is 23.9 Å². The van der Waals surface area contributed by atoms with Crippen LogP contribution in [0.15, 0.2) is 42.6 Å². The quantitative estimate of drug-likeness (QED) is 0.440. The van der Waals surface area contributed by atoms with Gasteiger partial charge in [0.05, 0.1) is 18.3 Å². The van der Waals surface area contributed by atoms with Crippen LogP contribution in [0, 0.1) is 0 Å². The summed E-state index contributed by atoms with van der Waals surface area (Å²) in [7, 11) is 0. The lowest BCUT2D eigenvalue weighted by Gasteiger charge is -2.10. The predicted molar refractivity (Wildman–Crippen MR) is 109 cm³/mol. The molecule has 2 aromatic heterocycles. The number of nitrogens with one attached hydrogen (secondary N) is 1. The summed E-state index contributed by atoms with van der Waals surface area (Å²) in [4.78, 5) is 23.2. The zero-order chi connectivity index (χ0) is 23.8. The third kappa shape index (κ3) is 7.87. The molecule has 2 amide bonds. The Hall–Kier alpha value is -4.03. The third-order valence-corrected chi connectivity index (χ3v) is 4.35. The summed E-state index contributed by atoms with van der Waals surface area (Å²) in [6.07, 6.45) is -1.29. The molecule has 3 aromatic rings. The van der Waals surface area contributed by atoms with Crippen molar-refractivity contribution in [3.8, 4) is 5.75 Å². The van der Waals surface area contributed by atoms with Crippen molar-refractivity contribution in [2.24, 2.45) is 5.73 Å². The average Bonchev–Trinajstić information content (AvgIpc) is 3.21. The van der Waals surface area contributed by atoms with Crippen LogP contribution in [0.1, 0.15) is 34.6 Å². The van der Waals surface area contributed by atoms with Gasteiger partial charge in [0.15, 0.2) is 11.5 Å². The standard InChI is InChI=1S/C20H20F3N7O3/c21-20(22,23)33-15-6-3-4-13(10-15)11-18(31)25-17-8-7-14(26-28-17)5-1-2-9-30-12-16(19(24)32)27-29-30/h3-4,6-8,10,12H,1-2,5,9,11H2,(H2,24,32)(H,25,28,31). The Kier molecular flexibility index (Phi) is 7.53. The van der Waals surface area contributed by atoms with Crippen LogP contribution in [-0.4, -0.2) is 43.4 Å². The van der Waals surface area contributed by atoms with Crippen molar-refractivity contribution in [1.82, 2.24) is 25.2 Å². The van der Waals surface area contributed by atoms with Gasteiger partial charge in [-0.1, -0.05) is 17.3 Å². The smallest absolute Gasteiger partial charge is 0.406 e. The van der Waals surface area contributed by atoms with E-state index in [1.54, 1.807) is 12.1 Å². The Morgan fingerprint density at radius 2 is 1.91 bits per heavy atom. The number of aromatic nitrogens is 5. The van der Waals surface area contributed by atoms with Crippen LogP contribution in [0.4, 0.5) is 19.0 Å². The summed E-state index contributed by atoms with van der Waals surface area (Å²) < 4.78 is 42.3. The van der Waals surface area contributed by atoms with Gasteiger partial charge < -0.3 is 15.8 Å². The second-order valence-electron chi connectivity index (χ2n) is 7.02. The monoisotopic (exact) mass is 463 g/mol. The fourth-order valence-corrected chi connectivity index (χ4v) is 2.89. The fraction of sp³-hybridized carbons (Fsp3) is 0.300. The van der Waals surface area contributed by atoms with Gasteiger partial charge in [-0.05, 0) is 49.1 Å². The number of primary amides is 1. The molecule has 0 bridgehead atoms. The lowest BCUT2D eigenvalue weighted by molar-refractivity contribution is -0.274. The molecule has 3 N–H and O–H groups in total. The molecule has 0 aliphatic rings. The Labute approximate surface area is 185 Å². The molecule has 0 unspecified atom stereocenters. The minimum absolute atomic E-state index is 0.112. The van der Waals surface area contributed by atoms with Gasteiger partial charge in [0.25, 0.3) is 5.91 Å². The number of alkyl halides is 3. The molecule has 0 radical (unpaired) electrons. The molecule has 13 heteroatoms. The minimum atomic E-state index is -4.80. The number of halogens is 3. The molecular weight excluding hydrogens is 443 g/mol. The largest absolute Gasteiger partial charge is 0.573 e. The van der Waals surface area contributed by atoms with Crippen molar-refractivity contribution >= 4 is 17.6 Å². The number of carbonyl (C=O) groups is 2. The maximum absolute atomic E-state index is 12.3. The molecule has 1 aromatic carbocycles. The summed E-state index contributed by atoms with van der Waals surface area (Å²) in [6.45, 7) is 0.567.